The number of nitrogens with one attached hydrogen (secondary N) is 1. The molecule has 0 spiro atoms. The third-order valence-electron chi connectivity index (χ3n) is 6.20. The Hall–Kier alpha value is -3.19. The van der Waals surface area contributed by atoms with Crippen molar-refractivity contribution in [2.24, 2.45) is 0 Å². The zero-order valence-electron chi connectivity index (χ0n) is 17.7. The van der Waals surface area contributed by atoms with Gasteiger partial charge in [-0.2, -0.15) is 0 Å². The minimum atomic E-state index is -0.267. The number of aromatic hydroxyl groups is 1. The van der Waals surface area contributed by atoms with Gasteiger partial charge in [-0.15, -0.1) is 0 Å². The van der Waals surface area contributed by atoms with E-state index in [0.717, 1.165) is 44.8 Å². The molecule has 0 bridgehead atoms. The second-order valence-electron chi connectivity index (χ2n) is 8.10. The summed E-state index contributed by atoms with van der Waals surface area (Å²) in [6, 6.07) is 11.1. The highest BCUT2D eigenvalue weighted by molar-refractivity contribution is 5.97. The molecule has 2 fully saturated rings. The third kappa shape index (κ3) is 3.59. The number of nitrogens with zero attached hydrogens (tertiary/aromatic N) is 2. The minimum Gasteiger partial charge on any atom is -0.507 e. The molecule has 3 aromatic rings. The van der Waals surface area contributed by atoms with Crippen LogP contribution in [0.1, 0.15) is 12.8 Å². The maximum Gasteiger partial charge on any atom is 0.197 e. The molecule has 0 unspecified atom stereocenters. The highest BCUT2D eigenvalue weighted by atomic mass is 16.5. The van der Waals surface area contributed by atoms with Crippen molar-refractivity contribution in [2.45, 2.75) is 12.8 Å². The average molecular weight is 421 g/mol. The first-order valence-corrected chi connectivity index (χ1v) is 10.8. The molecule has 0 atom stereocenters. The van der Waals surface area contributed by atoms with Crippen LogP contribution in [0, 0.1) is 0 Å². The lowest BCUT2D eigenvalue weighted by molar-refractivity contribution is 0.406. The van der Waals surface area contributed by atoms with Crippen LogP contribution in [0.2, 0.25) is 0 Å². The average Bonchev–Trinajstić information content (AvgIpc) is 3.34. The number of fused-ring (bicyclic) bond motifs is 1. The lowest BCUT2D eigenvalue weighted by Gasteiger charge is -2.31. The normalized spacial score (nSPS) is 16.8. The summed E-state index contributed by atoms with van der Waals surface area (Å²) < 4.78 is 11.8. The number of benzene rings is 2. The molecule has 5 rings (SSSR count). The van der Waals surface area contributed by atoms with Crippen molar-refractivity contribution in [1.29, 1.82) is 0 Å². The molecule has 3 heterocycles. The van der Waals surface area contributed by atoms with E-state index in [1.54, 1.807) is 7.11 Å². The van der Waals surface area contributed by atoms with Crippen molar-refractivity contribution >= 4 is 22.3 Å². The summed E-state index contributed by atoms with van der Waals surface area (Å²) in [5.74, 6) is 0.849. The first kappa shape index (κ1) is 19.8. The molecule has 0 aliphatic carbocycles. The van der Waals surface area contributed by atoms with Crippen molar-refractivity contribution in [1.82, 2.24) is 5.32 Å². The lowest BCUT2D eigenvalue weighted by Crippen LogP contribution is -2.43. The van der Waals surface area contributed by atoms with Gasteiger partial charge < -0.3 is 29.4 Å². The number of phenolic OH excluding ortho intramolecular Hbond substituents is 1. The number of anilines is 2. The molecule has 162 valence electrons. The molecule has 2 aliphatic rings. The molecule has 7 nitrogen and oxygen atoms in total. The van der Waals surface area contributed by atoms with Crippen molar-refractivity contribution in [2.75, 3.05) is 56.2 Å². The van der Waals surface area contributed by atoms with Crippen molar-refractivity contribution in [3.8, 4) is 22.8 Å². The van der Waals surface area contributed by atoms with Crippen LogP contribution < -0.4 is 25.3 Å². The fourth-order valence-corrected chi connectivity index (χ4v) is 4.58. The van der Waals surface area contributed by atoms with Gasteiger partial charge in [-0.25, -0.2) is 0 Å². The lowest BCUT2D eigenvalue weighted by atomic mass is 10.1. The van der Waals surface area contributed by atoms with Crippen LogP contribution in [-0.2, 0) is 0 Å². The summed E-state index contributed by atoms with van der Waals surface area (Å²) >= 11 is 0. The van der Waals surface area contributed by atoms with Gasteiger partial charge in [0.1, 0.15) is 28.3 Å². The zero-order valence-corrected chi connectivity index (χ0v) is 17.7. The van der Waals surface area contributed by atoms with Gasteiger partial charge in [0.15, 0.2) is 11.0 Å². The van der Waals surface area contributed by atoms with E-state index >= 15 is 0 Å². The number of ether oxygens (including phenoxy) is 1. The second kappa shape index (κ2) is 8.15. The molecule has 2 N–H and O–H groups in total. The van der Waals surface area contributed by atoms with Gasteiger partial charge in [0.2, 0.25) is 0 Å². The van der Waals surface area contributed by atoms with E-state index in [4.69, 9.17) is 9.15 Å². The number of hydrogen-bond acceptors (Lipinski definition) is 7. The molecule has 2 saturated heterocycles. The van der Waals surface area contributed by atoms with Crippen molar-refractivity contribution in [3.05, 3.63) is 46.6 Å². The standard InChI is InChI=1S/C24H27N3O4/c1-30-21-15-19(29)22-18(28)14-20(31-24(22)23(21)27-12-8-25-9-13-27)16-4-6-17(7-5-16)26-10-2-3-11-26/h4-7,14-15,25,29H,2-3,8-13H2,1H3. The molecular formula is C24H27N3O4. The predicted octanol–water partition coefficient (Wildman–Crippen LogP) is 3.18. The van der Waals surface area contributed by atoms with Crippen LogP contribution >= 0.6 is 0 Å². The van der Waals surface area contributed by atoms with Crippen LogP contribution in [0.5, 0.6) is 11.5 Å². The van der Waals surface area contributed by atoms with E-state index in [-0.39, 0.29) is 16.6 Å². The highest BCUT2D eigenvalue weighted by Gasteiger charge is 2.24. The van der Waals surface area contributed by atoms with Crippen LogP contribution in [0.25, 0.3) is 22.3 Å². The van der Waals surface area contributed by atoms with E-state index in [2.05, 4.69) is 27.2 Å². The minimum absolute atomic E-state index is 0.129. The molecule has 0 radical (unpaired) electrons. The van der Waals surface area contributed by atoms with Crippen LogP contribution in [0.3, 0.4) is 0 Å². The number of phenols is 1. The molecule has 2 aromatic carbocycles. The Morgan fingerprint density at radius 3 is 2.39 bits per heavy atom. The van der Waals surface area contributed by atoms with E-state index in [0.29, 0.717) is 22.8 Å². The van der Waals surface area contributed by atoms with Gasteiger partial charge in [-0.05, 0) is 37.1 Å². The zero-order chi connectivity index (χ0) is 21.4. The molecule has 31 heavy (non-hydrogen) atoms. The summed E-state index contributed by atoms with van der Waals surface area (Å²) in [7, 11) is 1.56. The maximum atomic E-state index is 13.0. The van der Waals surface area contributed by atoms with Crippen molar-refractivity contribution < 1.29 is 14.3 Å². The van der Waals surface area contributed by atoms with Crippen LogP contribution in [0.15, 0.2) is 45.6 Å². The van der Waals surface area contributed by atoms with Gasteiger partial charge in [0.25, 0.3) is 0 Å². The Bertz CT molecular complexity index is 1140. The summed E-state index contributed by atoms with van der Waals surface area (Å²) in [6.07, 6.45) is 2.45. The molecule has 0 amide bonds. The Morgan fingerprint density at radius 1 is 1.00 bits per heavy atom. The first-order valence-electron chi connectivity index (χ1n) is 10.8. The largest absolute Gasteiger partial charge is 0.507 e. The van der Waals surface area contributed by atoms with E-state index in [1.165, 1.54) is 30.7 Å². The fraction of sp³-hybridized carbons (Fsp3) is 0.375. The van der Waals surface area contributed by atoms with Gasteiger partial charge in [0.05, 0.1) is 7.11 Å². The van der Waals surface area contributed by atoms with Gasteiger partial charge in [-0.1, -0.05) is 0 Å². The van der Waals surface area contributed by atoms with E-state index in [9.17, 15) is 9.90 Å². The number of methoxy groups -OCH3 is 1. The van der Waals surface area contributed by atoms with E-state index < -0.39 is 0 Å². The Morgan fingerprint density at radius 2 is 1.71 bits per heavy atom. The van der Waals surface area contributed by atoms with Crippen molar-refractivity contribution in [3.63, 3.8) is 0 Å². The summed E-state index contributed by atoms with van der Waals surface area (Å²) in [6.45, 7) is 5.33. The quantitative estimate of drug-likeness (QED) is 0.670. The predicted molar refractivity (Wildman–Crippen MR) is 123 cm³/mol. The van der Waals surface area contributed by atoms with Crippen LogP contribution in [0.4, 0.5) is 11.4 Å². The molecule has 2 aliphatic heterocycles. The Balaban J connectivity index is 1.64. The summed E-state index contributed by atoms with van der Waals surface area (Å²) in [5, 5.41) is 14.0. The number of hydrogen-bond donors (Lipinski definition) is 2. The monoisotopic (exact) mass is 421 g/mol. The smallest absolute Gasteiger partial charge is 0.197 e. The molecule has 7 heteroatoms. The molecular weight excluding hydrogens is 394 g/mol. The Labute approximate surface area is 180 Å². The molecule has 0 saturated carbocycles. The van der Waals surface area contributed by atoms with Gasteiger partial charge >= 0.3 is 0 Å². The first-order chi connectivity index (χ1) is 15.2. The number of piperazine rings is 1. The maximum absolute atomic E-state index is 13.0. The van der Waals surface area contributed by atoms with Crippen LogP contribution in [-0.4, -0.2) is 51.5 Å². The Kier molecular flexibility index (Phi) is 5.19. The highest BCUT2D eigenvalue weighted by Crippen LogP contribution is 2.41. The van der Waals surface area contributed by atoms with E-state index in [1.807, 2.05) is 12.1 Å². The van der Waals surface area contributed by atoms with Gasteiger partial charge in [-0.3, -0.25) is 4.79 Å². The van der Waals surface area contributed by atoms with Gasteiger partial charge in [0, 0.05) is 62.7 Å². The SMILES string of the molecule is COc1cc(O)c2c(=O)cc(-c3ccc(N4CCCC4)cc3)oc2c1N1CCNCC1. The topological polar surface area (TPSA) is 78.2 Å². The third-order valence-corrected chi connectivity index (χ3v) is 6.20. The fourth-order valence-electron chi connectivity index (χ4n) is 4.58. The number of rotatable bonds is 4. The summed E-state index contributed by atoms with van der Waals surface area (Å²) in [4.78, 5) is 17.5. The summed E-state index contributed by atoms with van der Waals surface area (Å²) in [5.41, 5.74) is 2.83. The molecule has 1 aromatic heterocycles. The second-order valence-corrected chi connectivity index (χ2v) is 8.10.